The molecule has 1 saturated heterocycles. The summed E-state index contributed by atoms with van der Waals surface area (Å²) in [5.74, 6) is -0.608. The minimum atomic E-state index is -3.46. The van der Waals surface area contributed by atoms with Crippen LogP contribution in [0, 0.1) is 5.13 Å². The van der Waals surface area contributed by atoms with Gasteiger partial charge >= 0.3 is 0 Å². The summed E-state index contributed by atoms with van der Waals surface area (Å²) in [7, 11) is -3.46. The fourth-order valence-electron chi connectivity index (χ4n) is 3.79. The van der Waals surface area contributed by atoms with Crippen molar-refractivity contribution >= 4 is 43.1 Å². The average molecular weight is 495 g/mol. The van der Waals surface area contributed by atoms with Gasteiger partial charge in [-0.15, -0.1) is 0 Å². The smallest absolute Gasteiger partial charge is 0.261 e. The van der Waals surface area contributed by atoms with Crippen LogP contribution in [0.3, 0.4) is 0 Å². The zero-order chi connectivity index (χ0) is 23.6. The maximum absolute atomic E-state index is 13.3. The Morgan fingerprint density at radius 2 is 2.18 bits per heavy atom. The number of benzene rings is 1. The van der Waals surface area contributed by atoms with Crippen LogP contribution in [-0.2, 0) is 19.4 Å². The summed E-state index contributed by atoms with van der Waals surface area (Å²) in [6.45, 7) is 2.12. The molecule has 0 spiro atoms. The number of carbonyl (C=O) groups excluding carboxylic acids is 1. The molecule has 3 aromatic rings. The van der Waals surface area contributed by atoms with Crippen LogP contribution < -0.4 is 10.9 Å². The van der Waals surface area contributed by atoms with Gasteiger partial charge in [-0.2, -0.15) is 4.39 Å². The van der Waals surface area contributed by atoms with E-state index in [1.807, 2.05) is 0 Å². The molecule has 1 aromatic carbocycles. The van der Waals surface area contributed by atoms with Crippen molar-refractivity contribution in [1.29, 1.82) is 0 Å². The van der Waals surface area contributed by atoms with Crippen molar-refractivity contribution in [3.63, 3.8) is 0 Å². The second-order valence-electron chi connectivity index (χ2n) is 7.74. The van der Waals surface area contributed by atoms with E-state index in [9.17, 15) is 22.4 Å². The zero-order valence-electron chi connectivity index (χ0n) is 17.9. The third kappa shape index (κ3) is 5.12. The Balaban J connectivity index is 1.72. The van der Waals surface area contributed by atoms with Gasteiger partial charge in [-0.05, 0) is 37.5 Å². The Kier molecular flexibility index (Phi) is 6.86. The zero-order valence-corrected chi connectivity index (χ0v) is 19.5. The van der Waals surface area contributed by atoms with Crippen molar-refractivity contribution < 1.29 is 22.3 Å². The summed E-state index contributed by atoms with van der Waals surface area (Å²) in [4.78, 5) is 34.6. The first-order valence-corrected chi connectivity index (χ1v) is 13.0. The number of anilines is 1. The molecule has 1 amide bonds. The lowest BCUT2D eigenvalue weighted by molar-refractivity contribution is -0.121. The summed E-state index contributed by atoms with van der Waals surface area (Å²) in [6, 6.07) is 3.17. The van der Waals surface area contributed by atoms with Gasteiger partial charge < -0.3 is 10.1 Å². The summed E-state index contributed by atoms with van der Waals surface area (Å²) < 4.78 is 44.7. The molecule has 0 aliphatic carbocycles. The highest BCUT2D eigenvalue weighted by molar-refractivity contribution is 7.91. The van der Waals surface area contributed by atoms with Gasteiger partial charge in [0, 0.05) is 13.0 Å². The molecule has 9 nitrogen and oxygen atoms in total. The van der Waals surface area contributed by atoms with E-state index in [2.05, 4.69) is 15.3 Å². The van der Waals surface area contributed by atoms with Crippen molar-refractivity contribution in [2.75, 3.05) is 17.7 Å². The number of carbonyl (C=O) groups is 1. The second kappa shape index (κ2) is 9.65. The molecule has 1 fully saturated rings. The minimum Gasteiger partial charge on any atom is -0.378 e. The normalized spacial score (nSPS) is 17.7. The standard InChI is InChI=1S/C21H23FN4O5S2/c1-2-33(29,30)14-6-7-15-16(10-14)24-12-26(20(15)28)17(9-13-5-3-4-8-31-13)19(27)25-21-23-11-18(22)32-21/h6-7,10-13,17H,2-5,8-9H2,1H3,(H,23,25,27)/t13?,17-/m0/s1. The maximum Gasteiger partial charge on any atom is 0.261 e. The molecule has 0 saturated carbocycles. The van der Waals surface area contributed by atoms with E-state index < -0.39 is 32.5 Å². The number of amides is 1. The Morgan fingerprint density at radius 3 is 2.85 bits per heavy atom. The van der Waals surface area contributed by atoms with E-state index in [0.717, 1.165) is 25.5 Å². The SMILES string of the molecule is CCS(=O)(=O)c1ccc2c(=O)n([C@@H](CC3CCCCO3)C(=O)Nc3ncc(F)s3)cnc2c1. The molecule has 3 heterocycles. The molecule has 1 aliphatic heterocycles. The molecule has 4 rings (SSSR count). The number of ether oxygens (including phenoxy) is 1. The molecule has 12 heteroatoms. The number of fused-ring (bicyclic) bond motifs is 1. The third-order valence-corrected chi connectivity index (χ3v) is 8.03. The molecule has 0 radical (unpaired) electrons. The fourth-order valence-corrected chi connectivity index (χ4v) is 5.23. The lowest BCUT2D eigenvalue weighted by Crippen LogP contribution is -2.37. The molecule has 1 unspecified atom stereocenters. The molecule has 2 atom stereocenters. The summed E-state index contributed by atoms with van der Waals surface area (Å²) in [6.07, 6.45) is 4.90. The first-order valence-electron chi connectivity index (χ1n) is 10.6. The predicted octanol–water partition coefficient (Wildman–Crippen LogP) is 2.92. The topological polar surface area (TPSA) is 120 Å². The Morgan fingerprint density at radius 1 is 1.36 bits per heavy atom. The van der Waals surface area contributed by atoms with Gasteiger partial charge in [0.1, 0.15) is 6.04 Å². The highest BCUT2D eigenvalue weighted by atomic mass is 32.2. The highest BCUT2D eigenvalue weighted by Crippen LogP contribution is 2.25. The highest BCUT2D eigenvalue weighted by Gasteiger charge is 2.29. The van der Waals surface area contributed by atoms with Gasteiger partial charge in [-0.1, -0.05) is 18.3 Å². The van der Waals surface area contributed by atoms with E-state index in [0.29, 0.717) is 17.9 Å². The van der Waals surface area contributed by atoms with Crippen LogP contribution in [0.25, 0.3) is 10.9 Å². The number of sulfone groups is 1. The lowest BCUT2D eigenvalue weighted by Gasteiger charge is -2.27. The monoisotopic (exact) mass is 494 g/mol. The molecule has 0 bridgehead atoms. The van der Waals surface area contributed by atoms with Gasteiger partial charge in [-0.3, -0.25) is 14.2 Å². The summed E-state index contributed by atoms with van der Waals surface area (Å²) >= 11 is 0.687. The van der Waals surface area contributed by atoms with E-state index >= 15 is 0 Å². The molecular formula is C21H23FN4O5S2. The number of hydrogen-bond acceptors (Lipinski definition) is 8. The number of hydrogen-bond donors (Lipinski definition) is 1. The van der Waals surface area contributed by atoms with Crippen LogP contribution in [0.5, 0.6) is 0 Å². The number of nitrogens with one attached hydrogen (secondary N) is 1. The number of rotatable bonds is 7. The van der Waals surface area contributed by atoms with Crippen LogP contribution in [-0.4, -0.2) is 47.3 Å². The summed E-state index contributed by atoms with van der Waals surface area (Å²) in [5.41, 5.74) is -0.262. The number of nitrogens with zero attached hydrogens (tertiary/aromatic N) is 3. The van der Waals surface area contributed by atoms with Crippen LogP contribution >= 0.6 is 11.3 Å². The van der Waals surface area contributed by atoms with Crippen molar-refractivity contribution in [2.45, 2.75) is 49.6 Å². The van der Waals surface area contributed by atoms with E-state index in [-0.39, 0.29) is 39.2 Å². The minimum absolute atomic E-state index is 0.0729. The van der Waals surface area contributed by atoms with E-state index in [1.54, 1.807) is 0 Å². The number of thiazole rings is 1. The van der Waals surface area contributed by atoms with Gasteiger partial charge in [0.2, 0.25) is 5.91 Å². The number of halogens is 1. The van der Waals surface area contributed by atoms with Crippen LogP contribution in [0.15, 0.2) is 40.4 Å². The molecule has 1 aliphatic rings. The van der Waals surface area contributed by atoms with Crippen molar-refractivity contribution in [2.24, 2.45) is 0 Å². The largest absolute Gasteiger partial charge is 0.378 e. The molecule has 1 N–H and O–H groups in total. The predicted molar refractivity (Wildman–Crippen MR) is 122 cm³/mol. The second-order valence-corrected chi connectivity index (χ2v) is 11.0. The molecular weight excluding hydrogens is 471 g/mol. The van der Waals surface area contributed by atoms with Gasteiger partial charge in [0.15, 0.2) is 20.1 Å². The van der Waals surface area contributed by atoms with Crippen molar-refractivity contribution in [3.8, 4) is 0 Å². The first-order chi connectivity index (χ1) is 15.8. The van der Waals surface area contributed by atoms with E-state index in [4.69, 9.17) is 4.74 Å². The van der Waals surface area contributed by atoms with Gasteiger partial charge in [0.25, 0.3) is 5.56 Å². The van der Waals surface area contributed by atoms with Crippen LogP contribution in [0.1, 0.15) is 38.6 Å². The van der Waals surface area contributed by atoms with Gasteiger partial charge in [-0.25, -0.2) is 18.4 Å². The third-order valence-electron chi connectivity index (χ3n) is 5.60. The molecule has 2 aromatic heterocycles. The molecule has 176 valence electrons. The van der Waals surface area contributed by atoms with Crippen molar-refractivity contribution in [3.05, 3.63) is 46.2 Å². The first kappa shape index (κ1) is 23.5. The quantitative estimate of drug-likeness (QED) is 0.536. The average Bonchev–Trinajstić information content (AvgIpc) is 3.22. The van der Waals surface area contributed by atoms with Gasteiger partial charge in [0.05, 0.1) is 40.2 Å². The van der Waals surface area contributed by atoms with Crippen LogP contribution in [0.4, 0.5) is 9.52 Å². The van der Waals surface area contributed by atoms with Crippen molar-refractivity contribution in [1.82, 2.24) is 14.5 Å². The Labute approximate surface area is 193 Å². The summed E-state index contributed by atoms with van der Waals surface area (Å²) in [5, 5.41) is 2.30. The van der Waals surface area contributed by atoms with E-state index in [1.165, 1.54) is 36.0 Å². The Hall–Kier alpha value is -2.70. The molecule has 33 heavy (non-hydrogen) atoms. The fraction of sp³-hybridized carbons (Fsp3) is 0.429. The maximum atomic E-state index is 13.3. The Bertz CT molecular complexity index is 1330. The lowest BCUT2D eigenvalue weighted by atomic mass is 10.0. The number of aromatic nitrogens is 3. The van der Waals surface area contributed by atoms with Crippen LogP contribution in [0.2, 0.25) is 0 Å².